The van der Waals surface area contributed by atoms with Crippen molar-refractivity contribution in [3.8, 4) is 0 Å². The smallest absolute Gasteiger partial charge is 0.00966 e. The van der Waals surface area contributed by atoms with Gasteiger partial charge in [-0.2, -0.15) is 0 Å². The van der Waals surface area contributed by atoms with Gasteiger partial charge in [-0.15, -0.1) is 0 Å². The van der Waals surface area contributed by atoms with Gasteiger partial charge in [0.25, 0.3) is 0 Å². The number of nitrogens with zero attached hydrogens (tertiary/aromatic N) is 1. The number of halogens is 1. The molecule has 1 aliphatic heterocycles. The molecule has 80 valence electrons. The van der Waals surface area contributed by atoms with Gasteiger partial charge < -0.3 is 0 Å². The number of hydrogen-bond acceptors (Lipinski definition) is 1. The molecule has 0 aromatic heterocycles. The van der Waals surface area contributed by atoms with Crippen molar-refractivity contribution in [2.75, 3.05) is 18.4 Å². The number of likely N-dealkylation sites (tertiary alicyclic amines) is 1. The minimum absolute atomic E-state index is 0.751. The summed E-state index contributed by atoms with van der Waals surface area (Å²) >= 11 is 3.65. The number of alkyl halides is 1. The molecule has 3 fully saturated rings. The second-order valence-corrected chi connectivity index (χ2v) is 6.36. The van der Waals surface area contributed by atoms with E-state index in [1.54, 1.807) is 0 Å². The number of hydrogen-bond donors (Lipinski definition) is 0. The van der Waals surface area contributed by atoms with Crippen LogP contribution in [0.25, 0.3) is 0 Å². The fraction of sp³-hybridized carbons (Fsp3) is 1.00. The summed E-state index contributed by atoms with van der Waals surface area (Å²) in [7, 11) is 0. The highest BCUT2D eigenvalue weighted by Gasteiger charge is 2.46. The first-order valence-corrected chi connectivity index (χ1v) is 7.23. The van der Waals surface area contributed by atoms with Gasteiger partial charge in [0.2, 0.25) is 0 Å². The van der Waals surface area contributed by atoms with Gasteiger partial charge in [-0.3, -0.25) is 4.90 Å². The standard InChI is InChI=1S/C12H20BrN/c13-8-10-3-4-12(7-10)5-6-14(9-12)11-1-2-11/h10-11H,1-9H2/t10-,12+/m0/s1. The monoisotopic (exact) mass is 257 g/mol. The Morgan fingerprint density at radius 2 is 2.07 bits per heavy atom. The SMILES string of the molecule is BrC[C@H]1CC[C@@]2(CCN(C3CC3)C2)C1. The normalized spacial score (nSPS) is 43.9. The molecule has 0 aromatic rings. The van der Waals surface area contributed by atoms with Crippen LogP contribution in [0.4, 0.5) is 0 Å². The Bertz CT molecular complexity index is 226. The fourth-order valence-electron chi connectivity index (χ4n) is 3.55. The van der Waals surface area contributed by atoms with Crippen LogP contribution in [0.3, 0.4) is 0 Å². The summed E-state index contributed by atoms with van der Waals surface area (Å²) in [6, 6.07) is 0.998. The first-order valence-electron chi connectivity index (χ1n) is 6.11. The van der Waals surface area contributed by atoms with Gasteiger partial charge in [0.1, 0.15) is 0 Å². The third-order valence-corrected chi connectivity index (χ3v) is 5.47. The van der Waals surface area contributed by atoms with Crippen molar-refractivity contribution in [1.29, 1.82) is 0 Å². The highest BCUT2D eigenvalue weighted by molar-refractivity contribution is 9.09. The van der Waals surface area contributed by atoms with Crippen molar-refractivity contribution in [3.63, 3.8) is 0 Å². The van der Waals surface area contributed by atoms with Crippen LogP contribution in [0.2, 0.25) is 0 Å². The maximum Gasteiger partial charge on any atom is 0.00966 e. The van der Waals surface area contributed by atoms with E-state index in [0.717, 1.165) is 17.4 Å². The van der Waals surface area contributed by atoms with Crippen LogP contribution in [0, 0.1) is 11.3 Å². The molecule has 2 atom stereocenters. The summed E-state index contributed by atoms with van der Waals surface area (Å²) in [4.78, 5) is 2.77. The van der Waals surface area contributed by atoms with Crippen molar-refractivity contribution in [2.45, 2.75) is 44.6 Å². The van der Waals surface area contributed by atoms with Crippen molar-refractivity contribution in [1.82, 2.24) is 4.90 Å². The Kier molecular flexibility index (Phi) is 2.40. The third kappa shape index (κ3) is 1.65. The Balaban J connectivity index is 1.63. The third-order valence-electron chi connectivity index (χ3n) is 4.55. The minimum atomic E-state index is 0.751. The topological polar surface area (TPSA) is 3.24 Å². The van der Waals surface area contributed by atoms with E-state index >= 15 is 0 Å². The fourth-order valence-corrected chi connectivity index (χ4v) is 4.10. The highest BCUT2D eigenvalue weighted by Crippen LogP contribution is 2.50. The van der Waals surface area contributed by atoms with Crippen molar-refractivity contribution >= 4 is 15.9 Å². The van der Waals surface area contributed by atoms with E-state index in [4.69, 9.17) is 0 Å². The second kappa shape index (κ2) is 3.48. The molecule has 14 heavy (non-hydrogen) atoms. The quantitative estimate of drug-likeness (QED) is 0.688. The first-order chi connectivity index (χ1) is 6.81. The Labute approximate surface area is 95.4 Å². The average Bonchev–Trinajstić information content (AvgIpc) is 2.87. The maximum atomic E-state index is 3.65. The van der Waals surface area contributed by atoms with Crippen LogP contribution in [0.1, 0.15) is 38.5 Å². The van der Waals surface area contributed by atoms with Gasteiger partial charge in [0.15, 0.2) is 0 Å². The van der Waals surface area contributed by atoms with E-state index in [-0.39, 0.29) is 0 Å². The van der Waals surface area contributed by atoms with Gasteiger partial charge in [-0.1, -0.05) is 15.9 Å². The molecule has 1 spiro atoms. The van der Waals surface area contributed by atoms with Crippen LogP contribution in [0.5, 0.6) is 0 Å². The lowest BCUT2D eigenvalue weighted by Crippen LogP contribution is -2.27. The first kappa shape index (κ1) is 9.65. The van der Waals surface area contributed by atoms with E-state index in [2.05, 4.69) is 20.8 Å². The molecule has 0 bridgehead atoms. The van der Waals surface area contributed by atoms with Crippen molar-refractivity contribution in [3.05, 3.63) is 0 Å². The van der Waals surface area contributed by atoms with Crippen molar-refractivity contribution < 1.29 is 0 Å². The summed E-state index contributed by atoms with van der Waals surface area (Å²) in [6.07, 6.45) is 8.95. The van der Waals surface area contributed by atoms with Gasteiger partial charge >= 0.3 is 0 Å². The lowest BCUT2D eigenvalue weighted by molar-refractivity contribution is 0.250. The lowest BCUT2D eigenvalue weighted by Gasteiger charge is -2.24. The molecule has 3 rings (SSSR count). The molecular weight excluding hydrogens is 238 g/mol. The molecule has 0 aromatic carbocycles. The summed E-state index contributed by atoms with van der Waals surface area (Å²) in [5.74, 6) is 0.981. The molecule has 1 heterocycles. The molecule has 2 saturated carbocycles. The summed E-state index contributed by atoms with van der Waals surface area (Å²) in [5.41, 5.74) is 0.751. The van der Waals surface area contributed by atoms with Gasteiger partial charge in [0.05, 0.1) is 0 Å². The molecule has 0 amide bonds. The second-order valence-electron chi connectivity index (χ2n) is 5.71. The Morgan fingerprint density at radius 3 is 2.71 bits per heavy atom. The predicted molar refractivity (Wildman–Crippen MR) is 62.8 cm³/mol. The van der Waals surface area contributed by atoms with E-state index in [9.17, 15) is 0 Å². The molecule has 0 N–H and O–H groups in total. The van der Waals surface area contributed by atoms with Crippen LogP contribution < -0.4 is 0 Å². The summed E-state index contributed by atoms with van der Waals surface area (Å²) < 4.78 is 0. The zero-order valence-electron chi connectivity index (χ0n) is 8.84. The molecule has 2 heteroatoms. The number of rotatable bonds is 2. The Morgan fingerprint density at radius 1 is 1.21 bits per heavy atom. The highest BCUT2D eigenvalue weighted by atomic mass is 79.9. The van der Waals surface area contributed by atoms with E-state index in [1.807, 2.05) is 0 Å². The molecule has 1 nitrogen and oxygen atoms in total. The van der Waals surface area contributed by atoms with Crippen LogP contribution in [-0.4, -0.2) is 29.4 Å². The van der Waals surface area contributed by atoms with E-state index in [1.165, 1.54) is 56.9 Å². The zero-order chi connectivity index (χ0) is 9.60. The molecule has 2 aliphatic carbocycles. The van der Waals surface area contributed by atoms with E-state index < -0.39 is 0 Å². The molecule has 0 radical (unpaired) electrons. The van der Waals surface area contributed by atoms with Gasteiger partial charge in [0, 0.05) is 17.9 Å². The minimum Gasteiger partial charge on any atom is -0.300 e. The van der Waals surface area contributed by atoms with Gasteiger partial charge in [-0.05, 0) is 56.4 Å². The van der Waals surface area contributed by atoms with E-state index in [0.29, 0.717) is 0 Å². The maximum absolute atomic E-state index is 3.65. The van der Waals surface area contributed by atoms with Crippen LogP contribution in [-0.2, 0) is 0 Å². The molecular formula is C12H20BrN. The van der Waals surface area contributed by atoms with Crippen LogP contribution in [0.15, 0.2) is 0 Å². The summed E-state index contributed by atoms with van der Waals surface area (Å²) in [6.45, 7) is 2.83. The predicted octanol–water partition coefficient (Wildman–Crippen LogP) is 3.04. The zero-order valence-corrected chi connectivity index (χ0v) is 10.4. The molecule has 3 aliphatic rings. The lowest BCUT2D eigenvalue weighted by atomic mass is 9.85. The molecule has 1 saturated heterocycles. The largest absolute Gasteiger partial charge is 0.300 e. The average molecular weight is 258 g/mol. The summed E-state index contributed by atoms with van der Waals surface area (Å²) in [5, 5.41) is 1.23. The van der Waals surface area contributed by atoms with Crippen molar-refractivity contribution in [2.24, 2.45) is 11.3 Å². The Hall–Kier alpha value is 0.440. The van der Waals surface area contributed by atoms with Crippen LogP contribution >= 0.6 is 15.9 Å². The van der Waals surface area contributed by atoms with Gasteiger partial charge in [-0.25, -0.2) is 0 Å². The molecule has 0 unspecified atom stereocenters.